The van der Waals surface area contributed by atoms with Crippen LogP contribution in [-0.2, 0) is 0 Å². The van der Waals surface area contributed by atoms with Gasteiger partial charge in [0.1, 0.15) is 5.82 Å². The molecule has 0 bridgehead atoms. The minimum atomic E-state index is -1.23. The van der Waals surface area contributed by atoms with Crippen LogP contribution in [0.5, 0.6) is 0 Å². The molecule has 2 aromatic rings. The number of carbonyl (C=O) groups is 2. The summed E-state index contributed by atoms with van der Waals surface area (Å²) < 4.78 is 5.71. The number of anilines is 1. The van der Waals surface area contributed by atoms with Crippen LogP contribution in [0.3, 0.4) is 0 Å². The highest BCUT2D eigenvalue weighted by atomic mass is 79.9. The van der Waals surface area contributed by atoms with E-state index in [0.717, 1.165) is 10.2 Å². The van der Waals surface area contributed by atoms with Crippen molar-refractivity contribution in [1.82, 2.24) is 4.98 Å². The first kappa shape index (κ1) is 13.3. The molecule has 6 nitrogen and oxygen atoms in total. The number of amides is 1. The van der Waals surface area contributed by atoms with Crippen LogP contribution in [0.1, 0.15) is 26.8 Å². The van der Waals surface area contributed by atoms with Gasteiger partial charge in [0.15, 0.2) is 5.76 Å². The molecule has 2 aromatic heterocycles. The van der Waals surface area contributed by atoms with Gasteiger partial charge in [-0.3, -0.25) is 4.79 Å². The van der Waals surface area contributed by atoms with Gasteiger partial charge in [-0.05, 0) is 47.1 Å². The summed E-state index contributed by atoms with van der Waals surface area (Å²) >= 11 is 3.30. The molecule has 1 amide bonds. The van der Waals surface area contributed by atoms with Crippen LogP contribution >= 0.6 is 15.9 Å². The van der Waals surface area contributed by atoms with Crippen molar-refractivity contribution in [1.29, 1.82) is 0 Å². The van der Waals surface area contributed by atoms with Gasteiger partial charge < -0.3 is 14.8 Å². The zero-order valence-electron chi connectivity index (χ0n) is 9.81. The van der Waals surface area contributed by atoms with Crippen LogP contribution in [0.4, 0.5) is 5.82 Å². The van der Waals surface area contributed by atoms with E-state index in [1.807, 2.05) is 0 Å². The van der Waals surface area contributed by atoms with E-state index < -0.39 is 11.9 Å². The van der Waals surface area contributed by atoms with E-state index in [9.17, 15) is 9.59 Å². The number of furan rings is 1. The normalized spacial score (nSPS) is 10.2. The third-order valence-electron chi connectivity index (χ3n) is 2.30. The molecule has 2 heterocycles. The van der Waals surface area contributed by atoms with Gasteiger partial charge >= 0.3 is 5.97 Å². The Morgan fingerprint density at radius 2 is 1.95 bits per heavy atom. The van der Waals surface area contributed by atoms with Gasteiger partial charge in [-0.25, -0.2) is 9.78 Å². The number of hydrogen-bond donors (Lipinski definition) is 2. The standard InChI is InChI=1S/C12H9BrN2O4/c1-6-7(13)2-5-10(14-6)15-11(16)8-3-4-9(19-8)12(17)18/h2-5H,1H3,(H,17,18)(H,14,15,16). The second-order valence-electron chi connectivity index (χ2n) is 3.69. The highest BCUT2D eigenvalue weighted by Crippen LogP contribution is 2.17. The topological polar surface area (TPSA) is 92.4 Å². The molecule has 0 aromatic carbocycles. The molecule has 98 valence electrons. The van der Waals surface area contributed by atoms with Gasteiger partial charge in [0.25, 0.3) is 5.91 Å². The molecule has 7 heteroatoms. The van der Waals surface area contributed by atoms with E-state index in [0.29, 0.717) is 5.82 Å². The number of nitrogens with zero attached hydrogens (tertiary/aromatic N) is 1. The first-order valence-corrected chi connectivity index (χ1v) is 6.04. The molecule has 0 atom stereocenters. The van der Waals surface area contributed by atoms with Gasteiger partial charge in [-0.15, -0.1) is 0 Å². The van der Waals surface area contributed by atoms with Gasteiger partial charge in [0, 0.05) is 4.47 Å². The van der Waals surface area contributed by atoms with Gasteiger partial charge in [0.05, 0.1) is 5.69 Å². The summed E-state index contributed by atoms with van der Waals surface area (Å²) in [5, 5.41) is 11.2. The Bertz CT molecular complexity index is 651. The van der Waals surface area contributed by atoms with Crippen molar-refractivity contribution < 1.29 is 19.1 Å². The minimum absolute atomic E-state index is 0.0835. The van der Waals surface area contributed by atoms with E-state index >= 15 is 0 Å². The molecular weight excluding hydrogens is 316 g/mol. The minimum Gasteiger partial charge on any atom is -0.475 e. The van der Waals surface area contributed by atoms with Gasteiger partial charge in [-0.2, -0.15) is 0 Å². The summed E-state index contributed by atoms with van der Waals surface area (Å²) in [5.41, 5.74) is 0.725. The van der Waals surface area contributed by atoms with E-state index in [1.54, 1.807) is 19.1 Å². The lowest BCUT2D eigenvalue weighted by molar-refractivity contribution is 0.0660. The van der Waals surface area contributed by atoms with Crippen LogP contribution < -0.4 is 5.32 Å². The number of carboxylic acid groups (broad SMARTS) is 1. The molecule has 0 saturated heterocycles. The molecule has 19 heavy (non-hydrogen) atoms. The predicted molar refractivity (Wildman–Crippen MR) is 70.3 cm³/mol. The zero-order chi connectivity index (χ0) is 14.0. The third-order valence-corrected chi connectivity index (χ3v) is 3.14. The molecule has 0 fully saturated rings. The first-order chi connectivity index (χ1) is 8.97. The van der Waals surface area contributed by atoms with Crippen LogP contribution in [0.15, 0.2) is 33.2 Å². The van der Waals surface area contributed by atoms with E-state index in [1.165, 1.54) is 12.1 Å². The summed E-state index contributed by atoms with van der Waals surface area (Å²) in [6, 6.07) is 5.89. The van der Waals surface area contributed by atoms with Crippen molar-refractivity contribution in [3.8, 4) is 0 Å². The fraction of sp³-hybridized carbons (Fsp3) is 0.0833. The number of aryl methyl sites for hydroxylation is 1. The predicted octanol–water partition coefficient (Wildman–Crippen LogP) is 2.70. The molecule has 2 rings (SSSR count). The largest absolute Gasteiger partial charge is 0.475 e. The summed E-state index contributed by atoms with van der Waals surface area (Å²) in [5.74, 6) is -1.79. The van der Waals surface area contributed by atoms with E-state index in [2.05, 4.69) is 26.2 Å². The zero-order valence-corrected chi connectivity index (χ0v) is 11.4. The van der Waals surface area contributed by atoms with Crippen LogP contribution in [0.25, 0.3) is 0 Å². The maximum absolute atomic E-state index is 11.8. The molecule has 0 saturated carbocycles. The maximum atomic E-state index is 11.8. The Morgan fingerprint density at radius 1 is 1.26 bits per heavy atom. The van der Waals surface area contributed by atoms with Crippen molar-refractivity contribution in [3.05, 3.63) is 46.0 Å². The second-order valence-corrected chi connectivity index (χ2v) is 4.54. The highest BCUT2D eigenvalue weighted by molar-refractivity contribution is 9.10. The Labute approximate surface area is 116 Å². The molecule has 0 spiro atoms. The average molecular weight is 325 g/mol. The van der Waals surface area contributed by atoms with Crippen molar-refractivity contribution in [2.75, 3.05) is 5.32 Å². The van der Waals surface area contributed by atoms with Crippen molar-refractivity contribution in [2.45, 2.75) is 6.92 Å². The van der Waals surface area contributed by atoms with Crippen molar-refractivity contribution in [2.24, 2.45) is 0 Å². The quantitative estimate of drug-likeness (QED) is 0.905. The lowest BCUT2D eigenvalue weighted by Gasteiger charge is -2.04. The van der Waals surface area contributed by atoms with E-state index in [-0.39, 0.29) is 11.5 Å². The van der Waals surface area contributed by atoms with Gasteiger partial charge in [-0.1, -0.05) is 0 Å². The smallest absolute Gasteiger partial charge is 0.371 e. The number of pyridine rings is 1. The molecule has 0 aliphatic rings. The number of carboxylic acids is 1. The number of carbonyl (C=O) groups excluding carboxylic acids is 1. The lowest BCUT2D eigenvalue weighted by Crippen LogP contribution is -2.12. The SMILES string of the molecule is Cc1nc(NC(=O)c2ccc(C(=O)O)o2)ccc1Br. The number of nitrogens with one attached hydrogen (secondary N) is 1. The monoisotopic (exact) mass is 324 g/mol. The van der Waals surface area contributed by atoms with Crippen LogP contribution in [-0.4, -0.2) is 22.0 Å². The molecule has 0 radical (unpaired) electrons. The Hall–Kier alpha value is -2.15. The molecule has 0 aliphatic carbocycles. The van der Waals surface area contributed by atoms with Crippen LogP contribution in [0.2, 0.25) is 0 Å². The number of aromatic nitrogens is 1. The van der Waals surface area contributed by atoms with Crippen molar-refractivity contribution in [3.63, 3.8) is 0 Å². The highest BCUT2D eigenvalue weighted by Gasteiger charge is 2.15. The first-order valence-electron chi connectivity index (χ1n) is 5.25. The lowest BCUT2D eigenvalue weighted by atomic mass is 10.3. The number of halogens is 1. The summed E-state index contributed by atoms with van der Waals surface area (Å²) in [6.45, 7) is 1.79. The van der Waals surface area contributed by atoms with Gasteiger partial charge in [0.2, 0.25) is 5.76 Å². The van der Waals surface area contributed by atoms with E-state index in [4.69, 9.17) is 9.52 Å². The average Bonchev–Trinajstić information content (AvgIpc) is 2.83. The van der Waals surface area contributed by atoms with Crippen LogP contribution in [0, 0.1) is 6.92 Å². The number of aromatic carboxylic acids is 1. The fourth-order valence-corrected chi connectivity index (χ4v) is 1.59. The number of hydrogen-bond acceptors (Lipinski definition) is 4. The third kappa shape index (κ3) is 3.00. The molecule has 0 aliphatic heterocycles. The van der Waals surface area contributed by atoms with Crippen molar-refractivity contribution >= 4 is 33.6 Å². The summed E-state index contributed by atoms with van der Waals surface area (Å²) in [6.07, 6.45) is 0. The second kappa shape index (κ2) is 5.23. The number of rotatable bonds is 3. The molecule has 0 unspecified atom stereocenters. The maximum Gasteiger partial charge on any atom is 0.371 e. The molecule has 2 N–H and O–H groups in total. The molecular formula is C12H9BrN2O4. The Kier molecular flexibility index (Phi) is 3.66. The Balaban J connectivity index is 2.15. The summed E-state index contributed by atoms with van der Waals surface area (Å²) in [4.78, 5) is 26.6. The summed E-state index contributed by atoms with van der Waals surface area (Å²) in [7, 11) is 0. The Morgan fingerprint density at radius 3 is 2.53 bits per heavy atom. The fourth-order valence-electron chi connectivity index (χ4n) is 1.37.